The van der Waals surface area contributed by atoms with Gasteiger partial charge in [-0.05, 0) is 61.0 Å². The number of thioether (sulfide) groups is 1. The van der Waals surface area contributed by atoms with Gasteiger partial charge in [-0.25, -0.2) is 0 Å². The van der Waals surface area contributed by atoms with Gasteiger partial charge in [0.15, 0.2) is 0 Å². The molecule has 0 fully saturated rings. The van der Waals surface area contributed by atoms with E-state index in [1.165, 1.54) is 18.9 Å². The van der Waals surface area contributed by atoms with Crippen LogP contribution in [-0.4, -0.2) is 38.5 Å². The summed E-state index contributed by atoms with van der Waals surface area (Å²) in [5.74, 6) is 0.371. The quantitative estimate of drug-likeness (QED) is 0.609. The number of nitrogens with zero attached hydrogens (tertiary/aromatic N) is 4. The van der Waals surface area contributed by atoms with Crippen LogP contribution in [0.5, 0.6) is 5.75 Å². The molecule has 0 bridgehead atoms. The summed E-state index contributed by atoms with van der Waals surface area (Å²) in [6.45, 7) is 5.83. The highest BCUT2D eigenvalue weighted by Crippen LogP contribution is 2.29. The highest BCUT2D eigenvalue weighted by Gasteiger charge is 2.20. The first-order valence-corrected chi connectivity index (χ1v) is 9.82. The van der Waals surface area contributed by atoms with Crippen LogP contribution in [0.3, 0.4) is 0 Å². The van der Waals surface area contributed by atoms with Gasteiger partial charge in [-0.3, -0.25) is 4.79 Å². The van der Waals surface area contributed by atoms with E-state index >= 15 is 0 Å². The van der Waals surface area contributed by atoms with Gasteiger partial charge in [0.2, 0.25) is 11.1 Å². The molecule has 146 valence electrons. The maximum atomic E-state index is 12.6. The van der Waals surface area contributed by atoms with Crippen LogP contribution in [0.2, 0.25) is 5.02 Å². The average Bonchev–Trinajstić information content (AvgIpc) is 3.09. The van der Waals surface area contributed by atoms with Gasteiger partial charge in [0.05, 0.1) is 23.1 Å². The lowest BCUT2D eigenvalue weighted by Crippen LogP contribution is -2.23. The standard InChI is InChI=1S/C19H20ClN5O2S/c1-11-5-7-16(12(2)9-11)25-19(22-23-24-25)28-13(3)18(26)21-14-6-8-17(27-4)15(20)10-14/h5-10,13H,1-4H3,(H,21,26)/t13-/m1/s1. The summed E-state index contributed by atoms with van der Waals surface area (Å²) >= 11 is 7.39. The minimum atomic E-state index is -0.420. The number of hydrogen-bond acceptors (Lipinski definition) is 6. The first-order chi connectivity index (χ1) is 13.4. The molecular weight excluding hydrogens is 398 g/mol. The molecule has 0 aliphatic carbocycles. The molecule has 2 aromatic carbocycles. The Morgan fingerprint density at radius 1 is 1.25 bits per heavy atom. The normalized spacial score (nSPS) is 11.9. The Hall–Kier alpha value is -2.58. The second-order valence-electron chi connectivity index (χ2n) is 6.26. The zero-order valence-electron chi connectivity index (χ0n) is 15.9. The molecule has 0 aliphatic heterocycles. The third-order valence-corrected chi connectivity index (χ3v) is 5.42. The number of amides is 1. The van der Waals surface area contributed by atoms with E-state index in [2.05, 4.69) is 26.9 Å². The Labute approximate surface area is 172 Å². The van der Waals surface area contributed by atoms with Crippen LogP contribution < -0.4 is 10.1 Å². The van der Waals surface area contributed by atoms with Gasteiger partial charge in [0.25, 0.3) is 0 Å². The lowest BCUT2D eigenvalue weighted by molar-refractivity contribution is -0.115. The van der Waals surface area contributed by atoms with Crippen molar-refractivity contribution in [1.82, 2.24) is 20.2 Å². The first-order valence-electron chi connectivity index (χ1n) is 8.56. The number of nitrogens with one attached hydrogen (secondary N) is 1. The van der Waals surface area contributed by atoms with Crippen molar-refractivity contribution in [3.05, 3.63) is 52.5 Å². The van der Waals surface area contributed by atoms with Crippen molar-refractivity contribution in [3.8, 4) is 11.4 Å². The van der Waals surface area contributed by atoms with E-state index in [1.54, 1.807) is 29.8 Å². The number of tetrazole rings is 1. The number of anilines is 1. The molecule has 1 aromatic heterocycles. The van der Waals surface area contributed by atoms with Crippen molar-refractivity contribution in [2.75, 3.05) is 12.4 Å². The topological polar surface area (TPSA) is 81.9 Å². The zero-order valence-corrected chi connectivity index (χ0v) is 17.5. The number of methoxy groups -OCH3 is 1. The van der Waals surface area contributed by atoms with E-state index in [0.29, 0.717) is 21.6 Å². The third kappa shape index (κ3) is 4.45. The van der Waals surface area contributed by atoms with Gasteiger partial charge < -0.3 is 10.1 Å². The summed E-state index contributed by atoms with van der Waals surface area (Å²) < 4.78 is 6.77. The zero-order chi connectivity index (χ0) is 20.3. The molecule has 9 heteroatoms. The maximum Gasteiger partial charge on any atom is 0.237 e. The molecule has 0 spiro atoms. The molecule has 3 rings (SSSR count). The number of ether oxygens (including phenoxy) is 1. The molecule has 1 amide bonds. The van der Waals surface area contributed by atoms with E-state index in [0.717, 1.165) is 16.8 Å². The van der Waals surface area contributed by atoms with Gasteiger partial charge in [-0.2, -0.15) is 4.68 Å². The summed E-state index contributed by atoms with van der Waals surface area (Å²) in [6, 6.07) is 11.1. The number of carbonyl (C=O) groups is 1. The summed E-state index contributed by atoms with van der Waals surface area (Å²) in [5, 5.41) is 15.3. The minimum Gasteiger partial charge on any atom is -0.495 e. The van der Waals surface area contributed by atoms with Gasteiger partial charge >= 0.3 is 0 Å². The molecule has 28 heavy (non-hydrogen) atoms. The number of aromatic nitrogens is 4. The van der Waals surface area contributed by atoms with Crippen molar-refractivity contribution in [2.45, 2.75) is 31.2 Å². The van der Waals surface area contributed by atoms with Crippen LogP contribution in [0.25, 0.3) is 5.69 Å². The third-order valence-electron chi connectivity index (χ3n) is 4.09. The molecule has 0 radical (unpaired) electrons. The lowest BCUT2D eigenvalue weighted by atomic mass is 10.1. The van der Waals surface area contributed by atoms with Crippen LogP contribution in [0.4, 0.5) is 5.69 Å². The molecule has 0 saturated heterocycles. The van der Waals surface area contributed by atoms with E-state index in [1.807, 2.05) is 26.0 Å². The number of halogens is 1. The minimum absolute atomic E-state index is 0.179. The van der Waals surface area contributed by atoms with Crippen molar-refractivity contribution in [2.24, 2.45) is 0 Å². The van der Waals surface area contributed by atoms with Crippen molar-refractivity contribution in [1.29, 1.82) is 0 Å². The fraction of sp³-hybridized carbons (Fsp3) is 0.263. The highest BCUT2D eigenvalue weighted by atomic mass is 35.5. The van der Waals surface area contributed by atoms with Gasteiger partial charge in [0, 0.05) is 5.69 Å². The predicted molar refractivity (Wildman–Crippen MR) is 111 cm³/mol. The van der Waals surface area contributed by atoms with Gasteiger partial charge in [-0.15, -0.1) is 5.10 Å². The molecule has 0 unspecified atom stereocenters. The second kappa shape index (κ2) is 8.62. The average molecular weight is 418 g/mol. The molecular formula is C19H20ClN5O2S. The fourth-order valence-electron chi connectivity index (χ4n) is 2.65. The predicted octanol–water partition coefficient (Wildman–Crippen LogP) is 4.06. The van der Waals surface area contributed by atoms with E-state index in [9.17, 15) is 4.79 Å². The van der Waals surface area contributed by atoms with Gasteiger partial charge in [0.1, 0.15) is 5.75 Å². The Kier molecular flexibility index (Phi) is 6.21. The Bertz CT molecular complexity index is 1010. The Balaban J connectivity index is 1.73. The second-order valence-corrected chi connectivity index (χ2v) is 7.98. The SMILES string of the molecule is COc1ccc(NC(=O)[C@@H](C)Sc2nnnn2-c2ccc(C)cc2C)cc1Cl. The number of hydrogen-bond donors (Lipinski definition) is 1. The fourth-order valence-corrected chi connectivity index (χ4v) is 3.70. The molecule has 1 heterocycles. The maximum absolute atomic E-state index is 12.6. The number of carbonyl (C=O) groups excluding carboxylic acids is 1. The number of rotatable bonds is 6. The van der Waals surface area contributed by atoms with Crippen LogP contribution in [-0.2, 0) is 4.79 Å². The molecule has 0 saturated carbocycles. The molecule has 1 atom stereocenters. The summed E-state index contributed by atoms with van der Waals surface area (Å²) in [4.78, 5) is 12.6. The van der Waals surface area contributed by atoms with Crippen LogP contribution in [0.1, 0.15) is 18.1 Å². The molecule has 0 aliphatic rings. The van der Waals surface area contributed by atoms with E-state index in [-0.39, 0.29) is 5.91 Å². The molecule has 1 N–H and O–H groups in total. The van der Waals surface area contributed by atoms with Crippen molar-refractivity contribution in [3.63, 3.8) is 0 Å². The van der Waals surface area contributed by atoms with Crippen LogP contribution in [0.15, 0.2) is 41.6 Å². The summed E-state index contributed by atoms with van der Waals surface area (Å²) in [6.07, 6.45) is 0. The van der Waals surface area contributed by atoms with E-state index < -0.39 is 5.25 Å². The highest BCUT2D eigenvalue weighted by molar-refractivity contribution is 8.00. The molecule has 7 nitrogen and oxygen atoms in total. The first kappa shape index (κ1) is 20.2. The Morgan fingerprint density at radius 3 is 2.71 bits per heavy atom. The van der Waals surface area contributed by atoms with Crippen LogP contribution >= 0.6 is 23.4 Å². The molecule has 3 aromatic rings. The van der Waals surface area contributed by atoms with Crippen LogP contribution in [0, 0.1) is 13.8 Å². The van der Waals surface area contributed by atoms with Crippen molar-refractivity contribution < 1.29 is 9.53 Å². The lowest BCUT2D eigenvalue weighted by Gasteiger charge is -2.13. The smallest absolute Gasteiger partial charge is 0.237 e. The number of aryl methyl sites for hydroxylation is 2. The Morgan fingerprint density at radius 2 is 2.04 bits per heavy atom. The largest absolute Gasteiger partial charge is 0.495 e. The van der Waals surface area contributed by atoms with E-state index in [4.69, 9.17) is 16.3 Å². The van der Waals surface area contributed by atoms with Crippen molar-refractivity contribution >= 4 is 35.0 Å². The number of benzene rings is 2. The summed E-state index contributed by atoms with van der Waals surface area (Å²) in [7, 11) is 1.54. The monoisotopic (exact) mass is 417 g/mol. The van der Waals surface area contributed by atoms with Gasteiger partial charge in [-0.1, -0.05) is 41.1 Å². The summed E-state index contributed by atoms with van der Waals surface area (Å²) in [5.41, 5.74) is 3.69.